The minimum Gasteiger partial charge on any atom is -0.356 e. The summed E-state index contributed by atoms with van der Waals surface area (Å²) in [4.78, 5) is 6.96. The summed E-state index contributed by atoms with van der Waals surface area (Å²) in [6.45, 7) is 2.24. The fourth-order valence-corrected chi connectivity index (χ4v) is 2.90. The van der Waals surface area contributed by atoms with Gasteiger partial charge in [-0.15, -0.1) is 0 Å². The molecule has 1 fully saturated rings. The lowest BCUT2D eigenvalue weighted by Crippen LogP contribution is -2.32. The van der Waals surface area contributed by atoms with E-state index in [-0.39, 0.29) is 0 Å². The molecular weight excluding hydrogens is 222 g/mol. The molecule has 1 aromatic heterocycles. The second kappa shape index (κ2) is 4.28. The number of fused-ring (bicyclic) bond motifs is 1. The minimum atomic E-state index is 0.490. The van der Waals surface area contributed by atoms with Crippen molar-refractivity contribution in [1.82, 2.24) is 4.98 Å². The van der Waals surface area contributed by atoms with E-state index >= 15 is 0 Å². The first-order chi connectivity index (χ1) is 8.70. The largest absolute Gasteiger partial charge is 0.356 e. The highest BCUT2D eigenvalue weighted by molar-refractivity contribution is 5.57. The molecule has 2 aliphatic rings. The van der Waals surface area contributed by atoms with E-state index < -0.39 is 0 Å². The Morgan fingerprint density at radius 1 is 1.44 bits per heavy atom. The predicted molar refractivity (Wildman–Crippen MR) is 71.6 cm³/mol. The fourth-order valence-electron chi connectivity index (χ4n) is 2.90. The Kier molecular flexibility index (Phi) is 2.74. The molecule has 2 aliphatic carbocycles. The van der Waals surface area contributed by atoms with Gasteiger partial charge in [0, 0.05) is 18.8 Å². The monoisotopic (exact) mass is 241 g/mol. The Morgan fingerprint density at radius 2 is 2.22 bits per heavy atom. The van der Waals surface area contributed by atoms with Crippen LogP contribution in [0.2, 0.25) is 0 Å². The van der Waals surface area contributed by atoms with Crippen LogP contribution in [0.1, 0.15) is 43.0 Å². The van der Waals surface area contributed by atoms with Gasteiger partial charge in [0.1, 0.15) is 11.9 Å². The van der Waals surface area contributed by atoms with Gasteiger partial charge in [0.15, 0.2) is 0 Å². The number of rotatable bonds is 3. The molecule has 3 heteroatoms. The van der Waals surface area contributed by atoms with E-state index in [2.05, 4.69) is 31.0 Å². The summed E-state index contributed by atoms with van der Waals surface area (Å²) in [6.07, 6.45) is 5.97. The average Bonchev–Trinajstić information content (AvgIpc) is 3.14. The van der Waals surface area contributed by atoms with Crippen molar-refractivity contribution in [3.8, 4) is 6.07 Å². The molecular formula is C15H19N3. The van der Waals surface area contributed by atoms with Gasteiger partial charge in [0.2, 0.25) is 0 Å². The number of anilines is 1. The van der Waals surface area contributed by atoms with Crippen molar-refractivity contribution in [2.24, 2.45) is 5.92 Å². The van der Waals surface area contributed by atoms with Crippen LogP contribution in [0.5, 0.6) is 0 Å². The second-order valence-electron chi connectivity index (χ2n) is 5.62. The molecule has 3 nitrogen and oxygen atoms in total. The van der Waals surface area contributed by atoms with Crippen LogP contribution in [-0.2, 0) is 12.8 Å². The first kappa shape index (κ1) is 11.5. The summed E-state index contributed by atoms with van der Waals surface area (Å²) in [6, 6.07) is 4.86. The molecule has 1 aromatic rings. The van der Waals surface area contributed by atoms with Crippen molar-refractivity contribution < 1.29 is 0 Å². The molecule has 18 heavy (non-hydrogen) atoms. The van der Waals surface area contributed by atoms with Crippen LogP contribution in [0.15, 0.2) is 6.07 Å². The summed E-state index contributed by atoms with van der Waals surface area (Å²) in [7, 11) is 2.08. The zero-order valence-electron chi connectivity index (χ0n) is 11.1. The molecule has 0 N–H and O–H groups in total. The summed E-state index contributed by atoms with van der Waals surface area (Å²) in [5, 5.41) is 9.32. The van der Waals surface area contributed by atoms with E-state index in [9.17, 15) is 5.26 Å². The Morgan fingerprint density at radius 3 is 2.89 bits per heavy atom. The molecule has 3 rings (SSSR count). The first-order valence-electron chi connectivity index (χ1n) is 6.86. The third kappa shape index (κ3) is 1.86. The standard InChI is InChI=1S/C15H19N3/c1-10(11-6-7-11)18(2)15-13(9-16)8-12-4-3-5-14(12)17-15/h8,10-11H,3-7H2,1-2H3. The van der Waals surface area contributed by atoms with Gasteiger partial charge in [-0.1, -0.05) is 0 Å². The average molecular weight is 241 g/mol. The number of hydrogen-bond acceptors (Lipinski definition) is 3. The first-order valence-corrected chi connectivity index (χ1v) is 6.86. The maximum absolute atomic E-state index is 9.32. The zero-order chi connectivity index (χ0) is 12.7. The van der Waals surface area contributed by atoms with Gasteiger partial charge in [-0.25, -0.2) is 4.98 Å². The lowest BCUT2D eigenvalue weighted by atomic mass is 10.1. The summed E-state index contributed by atoms with van der Waals surface area (Å²) in [5.74, 6) is 1.68. The Balaban J connectivity index is 1.97. The zero-order valence-corrected chi connectivity index (χ0v) is 11.1. The second-order valence-corrected chi connectivity index (χ2v) is 5.62. The van der Waals surface area contributed by atoms with Crippen LogP contribution in [0.25, 0.3) is 0 Å². The van der Waals surface area contributed by atoms with Gasteiger partial charge in [-0.3, -0.25) is 0 Å². The van der Waals surface area contributed by atoms with Crippen LogP contribution in [-0.4, -0.2) is 18.1 Å². The van der Waals surface area contributed by atoms with Crippen LogP contribution in [0, 0.1) is 17.2 Å². The molecule has 1 heterocycles. The SMILES string of the molecule is CC(C1CC1)N(C)c1nc2c(cc1C#N)CCC2. The molecule has 0 spiro atoms. The maximum atomic E-state index is 9.32. The molecule has 1 atom stereocenters. The number of aryl methyl sites for hydroxylation is 2. The van der Waals surface area contributed by atoms with E-state index in [4.69, 9.17) is 4.98 Å². The highest BCUT2D eigenvalue weighted by Gasteiger charge is 2.32. The Bertz CT molecular complexity index is 511. The summed E-state index contributed by atoms with van der Waals surface area (Å²) < 4.78 is 0. The highest BCUT2D eigenvalue weighted by Crippen LogP contribution is 2.37. The third-order valence-electron chi connectivity index (χ3n) is 4.40. The number of aromatic nitrogens is 1. The van der Waals surface area contributed by atoms with Crippen molar-refractivity contribution in [3.63, 3.8) is 0 Å². The Labute approximate surface area is 108 Å². The van der Waals surface area contributed by atoms with Gasteiger partial charge in [0.25, 0.3) is 0 Å². The number of nitriles is 1. The van der Waals surface area contributed by atoms with Crippen molar-refractivity contribution in [2.45, 2.75) is 45.1 Å². The topological polar surface area (TPSA) is 39.9 Å². The van der Waals surface area contributed by atoms with Gasteiger partial charge in [0.05, 0.1) is 5.56 Å². The van der Waals surface area contributed by atoms with Crippen molar-refractivity contribution in [2.75, 3.05) is 11.9 Å². The molecule has 1 saturated carbocycles. The number of pyridine rings is 1. The van der Waals surface area contributed by atoms with E-state index in [0.29, 0.717) is 6.04 Å². The van der Waals surface area contributed by atoms with Crippen LogP contribution < -0.4 is 4.90 Å². The fraction of sp³-hybridized carbons (Fsp3) is 0.600. The maximum Gasteiger partial charge on any atom is 0.146 e. The van der Waals surface area contributed by atoms with Gasteiger partial charge < -0.3 is 4.90 Å². The normalized spacial score (nSPS) is 19.2. The predicted octanol–water partition coefficient (Wildman–Crippen LogP) is 2.68. The number of hydrogen-bond donors (Lipinski definition) is 0. The van der Waals surface area contributed by atoms with Crippen molar-refractivity contribution in [3.05, 3.63) is 22.9 Å². The lowest BCUT2D eigenvalue weighted by Gasteiger charge is -2.27. The molecule has 0 aromatic carbocycles. The lowest BCUT2D eigenvalue weighted by molar-refractivity contribution is 0.602. The van der Waals surface area contributed by atoms with E-state index in [0.717, 1.165) is 30.1 Å². The highest BCUT2D eigenvalue weighted by atomic mass is 15.2. The van der Waals surface area contributed by atoms with Gasteiger partial charge in [-0.05, 0) is 56.6 Å². The third-order valence-corrected chi connectivity index (χ3v) is 4.40. The van der Waals surface area contributed by atoms with Gasteiger partial charge in [-0.2, -0.15) is 5.26 Å². The smallest absolute Gasteiger partial charge is 0.146 e. The molecule has 0 amide bonds. The van der Waals surface area contributed by atoms with E-state index in [1.807, 2.05) is 0 Å². The van der Waals surface area contributed by atoms with Crippen molar-refractivity contribution in [1.29, 1.82) is 5.26 Å². The van der Waals surface area contributed by atoms with E-state index in [1.165, 1.54) is 30.5 Å². The quantitative estimate of drug-likeness (QED) is 0.816. The van der Waals surface area contributed by atoms with Crippen LogP contribution in [0.3, 0.4) is 0 Å². The van der Waals surface area contributed by atoms with Crippen molar-refractivity contribution >= 4 is 5.82 Å². The molecule has 0 aliphatic heterocycles. The van der Waals surface area contributed by atoms with Crippen LogP contribution >= 0.6 is 0 Å². The van der Waals surface area contributed by atoms with Crippen LogP contribution in [0.4, 0.5) is 5.82 Å². The van der Waals surface area contributed by atoms with Gasteiger partial charge >= 0.3 is 0 Å². The minimum absolute atomic E-state index is 0.490. The number of nitrogens with zero attached hydrogens (tertiary/aromatic N) is 3. The summed E-state index contributed by atoms with van der Waals surface area (Å²) in [5.41, 5.74) is 3.23. The molecule has 1 unspecified atom stereocenters. The summed E-state index contributed by atoms with van der Waals surface area (Å²) >= 11 is 0. The molecule has 0 saturated heterocycles. The van der Waals surface area contributed by atoms with E-state index in [1.54, 1.807) is 0 Å². The molecule has 0 radical (unpaired) electrons. The molecule has 0 bridgehead atoms. The molecule has 94 valence electrons. The Hall–Kier alpha value is -1.56.